The van der Waals surface area contributed by atoms with E-state index in [0.717, 1.165) is 62.0 Å². The van der Waals surface area contributed by atoms with Gasteiger partial charge in [-0.05, 0) is 42.8 Å². The van der Waals surface area contributed by atoms with Crippen LogP contribution in [-0.2, 0) is 4.74 Å². The highest BCUT2D eigenvalue weighted by Crippen LogP contribution is 2.29. The third-order valence-corrected chi connectivity index (χ3v) is 5.63. The lowest BCUT2D eigenvalue weighted by atomic mass is 10.0. The number of morpholine rings is 1. The van der Waals surface area contributed by atoms with Gasteiger partial charge in [0.2, 0.25) is 0 Å². The van der Waals surface area contributed by atoms with Gasteiger partial charge >= 0.3 is 0 Å². The molecule has 2 aliphatic rings. The van der Waals surface area contributed by atoms with Crippen LogP contribution < -0.4 is 10.2 Å². The Morgan fingerprint density at radius 2 is 2.03 bits per heavy atom. The molecule has 1 fully saturated rings. The summed E-state index contributed by atoms with van der Waals surface area (Å²) < 4.78 is 5.38. The maximum atomic E-state index is 10.1. The molecular formula is C24H30N4O3. The van der Waals surface area contributed by atoms with Crippen molar-refractivity contribution in [2.75, 3.05) is 49.6 Å². The lowest BCUT2D eigenvalue weighted by molar-refractivity contribution is 0.0398. The molecule has 164 valence electrons. The van der Waals surface area contributed by atoms with Gasteiger partial charge in [0.15, 0.2) is 0 Å². The van der Waals surface area contributed by atoms with Crippen molar-refractivity contribution in [1.82, 2.24) is 9.88 Å². The van der Waals surface area contributed by atoms with E-state index in [1.807, 2.05) is 47.5 Å². The van der Waals surface area contributed by atoms with E-state index in [2.05, 4.69) is 21.3 Å². The van der Waals surface area contributed by atoms with Crippen molar-refractivity contribution in [3.8, 4) is 11.1 Å². The minimum atomic E-state index is -0.575. The standard InChI is InChI=1S/C24H30N4O3/c1-18(29)23-7-6-22(30)17-28(23)21-4-2-3-19(15-21)20-5-8-24(26-16-20)25-9-10-27-11-13-31-14-12-27/h2-8,15-18,23,29-30H,9-14H2,1H3,(H,25,26). The first kappa shape index (κ1) is 21.4. The van der Waals surface area contributed by atoms with E-state index in [0.29, 0.717) is 0 Å². The highest BCUT2D eigenvalue weighted by molar-refractivity contribution is 5.70. The van der Waals surface area contributed by atoms with E-state index < -0.39 is 6.10 Å². The Kier molecular flexibility index (Phi) is 6.86. The van der Waals surface area contributed by atoms with Crippen LogP contribution >= 0.6 is 0 Å². The summed E-state index contributed by atoms with van der Waals surface area (Å²) in [6.45, 7) is 7.17. The lowest BCUT2D eigenvalue weighted by Crippen LogP contribution is -2.39. The second kappa shape index (κ2) is 9.96. The normalized spacial score (nSPS) is 20.4. The molecule has 1 aromatic carbocycles. The van der Waals surface area contributed by atoms with Crippen molar-refractivity contribution in [3.05, 3.63) is 66.7 Å². The van der Waals surface area contributed by atoms with E-state index in [4.69, 9.17) is 4.74 Å². The fourth-order valence-electron chi connectivity index (χ4n) is 3.88. The Morgan fingerprint density at radius 3 is 2.77 bits per heavy atom. The SMILES string of the molecule is CC(O)C1C=CC(O)=CN1c1cccc(-c2ccc(NCCN3CCOCC3)nc2)c1. The average Bonchev–Trinajstić information content (AvgIpc) is 2.80. The van der Waals surface area contributed by atoms with Crippen LogP contribution in [0, 0.1) is 0 Å². The van der Waals surface area contributed by atoms with Crippen molar-refractivity contribution in [1.29, 1.82) is 0 Å². The highest BCUT2D eigenvalue weighted by atomic mass is 16.5. The topological polar surface area (TPSA) is 81.1 Å². The molecule has 7 heteroatoms. The van der Waals surface area contributed by atoms with E-state index in [1.165, 1.54) is 0 Å². The molecule has 0 amide bonds. The number of anilines is 2. The number of allylic oxidation sites excluding steroid dienone is 1. The van der Waals surface area contributed by atoms with Gasteiger partial charge in [0.25, 0.3) is 0 Å². The van der Waals surface area contributed by atoms with Gasteiger partial charge < -0.3 is 25.2 Å². The van der Waals surface area contributed by atoms with Crippen LogP contribution in [0.5, 0.6) is 0 Å². The molecule has 4 rings (SSSR count). The van der Waals surface area contributed by atoms with Gasteiger partial charge in [0.05, 0.1) is 25.4 Å². The zero-order valence-electron chi connectivity index (χ0n) is 17.8. The molecule has 0 aliphatic carbocycles. The van der Waals surface area contributed by atoms with Crippen LogP contribution in [-0.4, -0.2) is 71.6 Å². The van der Waals surface area contributed by atoms with Crippen LogP contribution in [0.3, 0.4) is 0 Å². The zero-order chi connectivity index (χ0) is 21.6. The summed E-state index contributed by atoms with van der Waals surface area (Å²) in [4.78, 5) is 8.84. The highest BCUT2D eigenvalue weighted by Gasteiger charge is 2.23. The van der Waals surface area contributed by atoms with Crippen molar-refractivity contribution < 1.29 is 14.9 Å². The molecule has 0 radical (unpaired) electrons. The number of benzene rings is 1. The zero-order valence-corrected chi connectivity index (χ0v) is 17.8. The van der Waals surface area contributed by atoms with Gasteiger partial charge in [-0.1, -0.05) is 18.2 Å². The van der Waals surface area contributed by atoms with Gasteiger partial charge in [0.1, 0.15) is 11.6 Å². The molecule has 3 N–H and O–H groups in total. The Balaban J connectivity index is 1.42. The summed E-state index contributed by atoms with van der Waals surface area (Å²) in [5, 5.41) is 23.5. The summed E-state index contributed by atoms with van der Waals surface area (Å²) in [6.07, 6.45) is 6.37. The molecule has 0 bridgehead atoms. The van der Waals surface area contributed by atoms with Crippen molar-refractivity contribution in [3.63, 3.8) is 0 Å². The third kappa shape index (κ3) is 5.44. The van der Waals surface area contributed by atoms with Crippen molar-refractivity contribution >= 4 is 11.5 Å². The van der Waals surface area contributed by atoms with Gasteiger partial charge in [-0.15, -0.1) is 0 Å². The summed E-state index contributed by atoms with van der Waals surface area (Å²) in [7, 11) is 0. The van der Waals surface area contributed by atoms with E-state index >= 15 is 0 Å². The Hall–Kier alpha value is -2.87. The number of aromatic nitrogens is 1. The number of rotatable bonds is 7. The Labute approximate surface area is 183 Å². The Bertz CT molecular complexity index is 921. The lowest BCUT2D eigenvalue weighted by Gasteiger charge is -2.33. The fourth-order valence-corrected chi connectivity index (χ4v) is 3.88. The van der Waals surface area contributed by atoms with Crippen LogP contribution in [0.15, 0.2) is 66.7 Å². The van der Waals surface area contributed by atoms with Crippen LogP contribution in [0.1, 0.15) is 6.92 Å². The van der Waals surface area contributed by atoms with Gasteiger partial charge in [-0.3, -0.25) is 4.90 Å². The van der Waals surface area contributed by atoms with Crippen LogP contribution in [0.2, 0.25) is 0 Å². The molecule has 2 aromatic rings. The first-order chi connectivity index (χ1) is 15.1. The smallest absolute Gasteiger partial charge is 0.131 e. The van der Waals surface area contributed by atoms with E-state index in [9.17, 15) is 10.2 Å². The summed E-state index contributed by atoms with van der Waals surface area (Å²) >= 11 is 0. The van der Waals surface area contributed by atoms with Gasteiger partial charge in [-0.2, -0.15) is 0 Å². The minimum absolute atomic E-state index is 0.163. The number of nitrogens with zero attached hydrogens (tertiary/aromatic N) is 3. The summed E-state index contributed by atoms with van der Waals surface area (Å²) in [5.41, 5.74) is 2.93. The predicted molar refractivity (Wildman–Crippen MR) is 123 cm³/mol. The quantitative estimate of drug-likeness (QED) is 0.633. The van der Waals surface area contributed by atoms with E-state index in [1.54, 1.807) is 19.2 Å². The maximum Gasteiger partial charge on any atom is 0.131 e. The van der Waals surface area contributed by atoms with Crippen molar-refractivity contribution in [2.24, 2.45) is 0 Å². The molecule has 2 unspecified atom stereocenters. The summed E-state index contributed by atoms with van der Waals surface area (Å²) in [5.74, 6) is 1.02. The number of hydrogen-bond donors (Lipinski definition) is 3. The molecule has 1 aromatic heterocycles. The largest absolute Gasteiger partial charge is 0.506 e. The average molecular weight is 423 g/mol. The number of hydrogen-bond acceptors (Lipinski definition) is 7. The second-order valence-electron chi connectivity index (χ2n) is 7.91. The maximum absolute atomic E-state index is 10.1. The second-order valence-corrected chi connectivity index (χ2v) is 7.91. The molecule has 31 heavy (non-hydrogen) atoms. The number of nitrogens with one attached hydrogen (secondary N) is 1. The molecule has 0 spiro atoms. The fraction of sp³-hybridized carbons (Fsp3) is 0.375. The first-order valence-corrected chi connectivity index (χ1v) is 10.8. The molecule has 1 saturated heterocycles. The minimum Gasteiger partial charge on any atom is -0.506 e. The third-order valence-electron chi connectivity index (χ3n) is 5.63. The number of aliphatic hydroxyl groups excluding tert-OH is 2. The molecule has 2 atom stereocenters. The van der Waals surface area contributed by atoms with Crippen LogP contribution in [0.25, 0.3) is 11.1 Å². The predicted octanol–water partition coefficient (Wildman–Crippen LogP) is 3.02. The van der Waals surface area contributed by atoms with Crippen molar-refractivity contribution in [2.45, 2.75) is 19.1 Å². The first-order valence-electron chi connectivity index (χ1n) is 10.8. The molecule has 3 heterocycles. The molecule has 2 aliphatic heterocycles. The number of ether oxygens (including phenoxy) is 1. The monoisotopic (exact) mass is 422 g/mol. The molecular weight excluding hydrogens is 392 g/mol. The van der Waals surface area contributed by atoms with Gasteiger partial charge in [-0.25, -0.2) is 4.98 Å². The Morgan fingerprint density at radius 1 is 1.19 bits per heavy atom. The molecule has 0 saturated carbocycles. The number of aliphatic hydroxyl groups is 2. The van der Waals surface area contributed by atoms with Gasteiger partial charge in [0, 0.05) is 49.8 Å². The van der Waals surface area contributed by atoms with E-state index in [-0.39, 0.29) is 11.8 Å². The number of pyridine rings is 1. The molecule has 7 nitrogen and oxygen atoms in total. The summed E-state index contributed by atoms with van der Waals surface area (Å²) in [6, 6.07) is 11.8. The van der Waals surface area contributed by atoms with Crippen LogP contribution in [0.4, 0.5) is 11.5 Å².